The Morgan fingerprint density at radius 2 is 1.93 bits per heavy atom. The Labute approximate surface area is 102 Å². The van der Waals surface area contributed by atoms with E-state index in [-0.39, 0.29) is 0 Å². The molecule has 2 amide bonds. The molecule has 5 nitrogen and oxygen atoms in total. The molecule has 0 bridgehead atoms. The average Bonchev–Trinajstić information content (AvgIpc) is 2.07. The van der Waals surface area contributed by atoms with Gasteiger partial charge in [-0.05, 0) is 12.1 Å². The molecule has 1 heterocycles. The van der Waals surface area contributed by atoms with Crippen molar-refractivity contribution in [2.45, 2.75) is 0 Å². The summed E-state index contributed by atoms with van der Waals surface area (Å²) in [5, 5.41) is 1.83. The van der Waals surface area contributed by atoms with Crippen LogP contribution in [0.3, 0.4) is 0 Å². The number of nitrogens with one attached hydrogen (secondary N) is 1. The van der Waals surface area contributed by atoms with Crippen LogP contribution in [0.1, 0.15) is 0 Å². The van der Waals surface area contributed by atoms with Gasteiger partial charge in [0.15, 0.2) is 0 Å². The summed E-state index contributed by atoms with van der Waals surface area (Å²) in [5.41, 5.74) is 4.34. The fraction of sp³-hybridized carbons (Fsp3) is 0. The number of hydrogen-bond acceptors (Lipinski definition) is 3. The first-order valence-electron chi connectivity index (χ1n) is 3.51. The highest BCUT2D eigenvalue weighted by atomic mass is 35.5. The first-order chi connectivity index (χ1) is 6.91. The van der Waals surface area contributed by atoms with E-state index in [1.54, 1.807) is 12.1 Å². The van der Waals surface area contributed by atoms with Crippen molar-refractivity contribution < 1.29 is 9.59 Å². The molecule has 1 aromatic heterocycles. The number of thiol groups is 2. The van der Waals surface area contributed by atoms with Crippen LogP contribution >= 0.6 is 36.9 Å². The second kappa shape index (κ2) is 7.38. The number of primary amides is 1. The summed E-state index contributed by atoms with van der Waals surface area (Å²) >= 11 is 12.2. The molecule has 15 heavy (non-hydrogen) atoms. The maximum atomic E-state index is 10.4. The minimum absolute atomic E-state index is 0.439. The van der Waals surface area contributed by atoms with Gasteiger partial charge in [0, 0.05) is 6.20 Å². The van der Waals surface area contributed by atoms with Gasteiger partial charge in [-0.2, -0.15) is 0 Å². The zero-order valence-corrected chi connectivity index (χ0v) is 9.89. The fourth-order valence-corrected chi connectivity index (χ4v) is 0.786. The maximum Gasteiger partial charge on any atom is 0.281 e. The van der Waals surface area contributed by atoms with Crippen LogP contribution in [0.15, 0.2) is 18.3 Å². The standard InChI is InChI=1S/C6H5ClN2OS.CH3NOS/c7-4-1-2-5(8-3-4)9-6(10)11;2-1(3)4/h1-3H,(H2,8,9,10,11);(H3,2,3,4). The molecular weight excluding hydrogens is 258 g/mol. The number of anilines is 1. The van der Waals surface area contributed by atoms with Crippen LogP contribution in [0.4, 0.5) is 15.4 Å². The van der Waals surface area contributed by atoms with Gasteiger partial charge in [-0.25, -0.2) is 4.98 Å². The Morgan fingerprint density at radius 3 is 2.27 bits per heavy atom. The Balaban J connectivity index is 0.000000423. The molecule has 0 radical (unpaired) electrons. The zero-order chi connectivity index (χ0) is 11.8. The van der Waals surface area contributed by atoms with E-state index < -0.39 is 10.5 Å². The highest BCUT2D eigenvalue weighted by Crippen LogP contribution is 2.09. The molecule has 0 aliphatic rings. The Kier molecular flexibility index (Phi) is 6.93. The predicted molar refractivity (Wildman–Crippen MR) is 65.8 cm³/mol. The van der Waals surface area contributed by atoms with Gasteiger partial charge in [0.1, 0.15) is 5.82 Å². The molecule has 3 N–H and O–H groups in total. The first-order valence-corrected chi connectivity index (χ1v) is 4.79. The SMILES string of the molecule is NC(=O)S.O=C(S)Nc1ccc(Cl)cn1. The minimum Gasteiger partial charge on any atom is -0.361 e. The summed E-state index contributed by atoms with van der Waals surface area (Å²) < 4.78 is 0. The molecule has 0 aliphatic heterocycles. The van der Waals surface area contributed by atoms with Crippen molar-refractivity contribution >= 4 is 53.2 Å². The van der Waals surface area contributed by atoms with Gasteiger partial charge in [0.05, 0.1) is 5.02 Å². The molecule has 0 atom stereocenters. The van der Waals surface area contributed by atoms with Gasteiger partial charge < -0.3 is 11.1 Å². The molecule has 0 saturated carbocycles. The average molecular weight is 266 g/mol. The van der Waals surface area contributed by atoms with Gasteiger partial charge in [0.2, 0.25) is 0 Å². The molecular formula is C7H8ClN3O2S2. The molecule has 0 aromatic carbocycles. The fourth-order valence-electron chi connectivity index (χ4n) is 0.559. The zero-order valence-electron chi connectivity index (χ0n) is 7.35. The number of halogens is 1. The van der Waals surface area contributed by atoms with Crippen LogP contribution in [0, 0.1) is 0 Å². The van der Waals surface area contributed by atoms with E-state index >= 15 is 0 Å². The lowest BCUT2D eigenvalue weighted by Crippen LogP contribution is -2.02. The van der Waals surface area contributed by atoms with Gasteiger partial charge in [0.25, 0.3) is 10.5 Å². The number of carbonyl (C=O) groups is 2. The van der Waals surface area contributed by atoms with E-state index in [1.165, 1.54) is 6.20 Å². The summed E-state index contributed by atoms with van der Waals surface area (Å²) in [7, 11) is 0. The summed E-state index contributed by atoms with van der Waals surface area (Å²) in [6.07, 6.45) is 1.45. The van der Waals surface area contributed by atoms with E-state index in [2.05, 4.69) is 41.3 Å². The van der Waals surface area contributed by atoms with Crippen LogP contribution in [0.25, 0.3) is 0 Å². The molecule has 8 heteroatoms. The second-order valence-corrected chi connectivity index (χ2v) is 3.41. The molecule has 0 fully saturated rings. The van der Waals surface area contributed by atoms with Gasteiger partial charge >= 0.3 is 0 Å². The van der Waals surface area contributed by atoms with Crippen molar-refractivity contribution in [3.05, 3.63) is 23.4 Å². The summed E-state index contributed by atoms with van der Waals surface area (Å²) in [6.45, 7) is 0. The van der Waals surface area contributed by atoms with Crippen molar-refractivity contribution in [1.29, 1.82) is 0 Å². The number of rotatable bonds is 1. The molecule has 82 valence electrons. The lowest BCUT2D eigenvalue weighted by Gasteiger charge is -1.97. The topological polar surface area (TPSA) is 85.1 Å². The van der Waals surface area contributed by atoms with Gasteiger partial charge in [-0.1, -0.05) is 36.9 Å². The third-order valence-corrected chi connectivity index (χ3v) is 1.30. The number of nitrogens with two attached hydrogens (primary N) is 1. The normalized spacial score (nSPS) is 8.47. The Bertz CT molecular complexity index is 341. The molecule has 1 aromatic rings. The number of nitrogens with zero attached hydrogens (tertiary/aromatic N) is 1. The number of pyridine rings is 1. The number of carbonyl (C=O) groups excluding carboxylic acids is 2. The van der Waals surface area contributed by atoms with Crippen LogP contribution in [0.5, 0.6) is 0 Å². The van der Waals surface area contributed by atoms with E-state index in [4.69, 9.17) is 16.4 Å². The van der Waals surface area contributed by atoms with Crippen LogP contribution in [-0.4, -0.2) is 15.5 Å². The van der Waals surface area contributed by atoms with Gasteiger partial charge in [-0.3, -0.25) is 9.59 Å². The quantitative estimate of drug-likeness (QED) is 0.587. The van der Waals surface area contributed by atoms with Crippen molar-refractivity contribution in [2.75, 3.05) is 5.32 Å². The van der Waals surface area contributed by atoms with Crippen LogP contribution in [0.2, 0.25) is 5.02 Å². The Morgan fingerprint density at radius 1 is 1.40 bits per heavy atom. The van der Waals surface area contributed by atoms with Crippen molar-refractivity contribution in [1.82, 2.24) is 4.98 Å². The lowest BCUT2D eigenvalue weighted by molar-refractivity contribution is 0.267. The third-order valence-electron chi connectivity index (χ3n) is 0.962. The molecule has 1 rings (SSSR count). The Hall–Kier alpha value is -0.920. The van der Waals surface area contributed by atoms with E-state index in [1.807, 2.05) is 0 Å². The van der Waals surface area contributed by atoms with Crippen molar-refractivity contribution in [3.63, 3.8) is 0 Å². The van der Waals surface area contributed by atoms with E-state index in [0.717, 1.165) is 0 Å². The smallest absolute Gasteiger partial charge is 0.281 e. The monoisotopic (exact) mass is 265 g/mol. The van der Waals surface area contributed by atoms with Crippen molar-refractivity contribution in [3.8, 4) is 0 Å². The third kappa shape index (κ3) is 9.39. The number of aromatic nitrogens is 1. The van der Waals surface area contributed by atoms with Crippen LogP contribution in [-0.2, 0) is 0 Å². The lowest BCUT2D eigenvalue weighted by atomic mass is 10.5. The summed E-state index contributed by atoms with van der Waals surface area (Å²) in [4.78, 5) is 23.3. The van der Waals surface area contributed by atoms with E-state index in [9.17, 15) is 4.79 Å². The van der Waals surface area contributed by atoms with E-state index in [0.29, 0.717) is 10.8 Å². The maximum absolute atomic E-state index is 10.4. The predicted octanol–water partition coefficient (Wildman–Crippen LogP) is 2.19. The van der Waals surface area contributed by atoms with Crippen molar-refractivity contribution in [2.24, 2.45) is 5.73 Å². The van der Waals surface area contributed by atoms with Gasteiger partial charge in [-0.15, -0.1) is 0 Å². The minimum atomic E-state index is -0.639. The summed E-state index contributed by atoms with van der Waals surface area (Å²) in [5.74, 6) is 0.439. The van der Waals surface area contributed by atoms with Crippen LogP contribution < -0.4 is 11.1 Å². The highest BCUT2D eigenvalue weighted by Gasteiger charge is 1.95. The largest absolute Gasteiger partial charge is 0.361 e. The second-order valence-electron chi connectivity index (χ2n) is 2.13. The number of hydrogen-bond donors (Lipinski definition) is 4. The molecule has 0 unspecified atom stereocenters. The first kappa shape index (κ1) is 14.1. The molecule has 0 spiro atoms. The molecule has 0 aliphatic carbocycles. The number of amides is 2. The molecule has 0 saturated heterocycles. The summed E-state index contributed by atoms with van der Waals surface area (Å²) in [6, 6.07) is 3.23. The highest BCUT2D eigenvalue weighted by molar-refractivity contribution is 7.97.